The second kappa shape index (κ2) is 4.14. The third kappa shape index (κ3) is 2.05. The minimum absolute atomic E-state index is 0.533. The SMILES string of the molecule is [B][PH+]1[C@@H](C(C)C)CC[C@@H]1C(C)C. The molecule has 0 unspecified atom stereocenters. The predicted octanol–water partition coefficient (Wildman–Crippen LogP) is 3.13. The summed E-state index contributed by atoms with van der Waals surface area (Å²) < 4.78 is 0. The highest BCUT2D eigenvalue weighted by atomic mass is 31.1. The normalized spacial score (nSPS) is 32.2. The van der Waals surface area contributed by atoms with Crippen molar-refractivity contribution in [2.75, 3.05) is 0 Å². The van der Waals surface area contributed by atoms with Crippen molar-refractivity contribution in [3.05, 3.63) is 0 Å². The van der Waals surface area contributed by atoms with E-state index in [1.807, 2.05) is 0 Å². The van der Waals surface area contributed by atoms with Crippen molar-refractivity contribution in [3.8, 4) is 0 Å². The van der Waals surface area contributed by atoms with Crippen molar-refractivity contribution >= 4 is 15.4 Å². The molecule has 2 atom stereocenters. The topological polar surface area (TPSA) is 0 Å². The summed E-state index contributed by atoms with van der Waals surface area (Å²) in [5.74, 6) is 1.63. The van der Waals surface area contributed by atoms with Crippen LogP contribution in [0, 0.1) is 11.8 Å². The summed E-state index contributed by atoms with van der Waals surface area (Å²) in [6, 6.07) is 0. The summed E-state index contributed by atoms with van der Waals surface area (Å²) in [5, 5.41) is 0. The van der Waals surface area contributed by atoms with Crippen LogP contribution < -0.4 is 0 Å². The van der Waals surface area contributed by atoms with Gasteiger partial charge in [-0.2, -0.15) is 0 Å². The first-order valence-electron chi connectivity index (χ1n) is 5.16. The van der Waals surface area contributed by atoms with Crippen molar-refractivity contribution in [2.45, 2.75) is 51.9 Å². The lowest BCUT2D eigenvalue weighted by atomic mass is 10.0. The zero-order valence-electron chi connectivity index (χ0n) is 8.80. The maximum atomic E-state index is 6.33. The van der Waals surface area contributed by atoms with Gasteiger partial charge in [0.25, 0.3) is 0 Å². The van der Waals surface area contributed by atoms with Gasteiger partial charge in [-0.05, 0) is 32.5 Å². The van der Waals surface area contributed by atoms with E-state index in [4.69, 9.17) is 7.57 Å². The Bertz CT molecular complexity index is 129. The van der Waals surface area contributed by atoms with E-state index in [1.165, 1.54) is 12.8 Å². The number of hydrogen-bond donors (Lipinski definition) is 0. The van der Waals surface area contributed by atoms with E-state index in [1.54, 1.807) is 0 Å². The van der Waals surface area contributed by atoms with Crippen LogP contribution in [0.2, 0.25) is 0 Å². The molecule has 0 amide bonds. The fraction of sp³-hybridized carbons (Fsp3) is 1.00. The van der Waals surface area contributed by atoms with Crippen molar-refractivity contribution in [1.29, 1.82) is 0 Å². The third-order valence-corrected chi connectivity index (χ3v) is 6.88. The van der Waals surface area contributed by atoms with E-state index in [9.17, 15) is 0 Å². The van der Waals surface area contributed by atoms with Crippen LogP contribution in [0.3, 0.4) is 0 Å². The summed E-state index contributed by atoms with van der Waals surface area (Å²) in [5.41, 5.74) is 1.75. The Labute approximate surface area is 79.6 Å². The summed E-state index contributed by atoms with van der Waals surface area (Å²) >= 11 is 0. The van der Waals surface area contributed by atoms with Gasteiger partial charge in [0.1, 0.15) is 0 Å². The van der Waals surface area contributed by atoms with Crippen LogP contribution in [0.5, 0.6) is 0 Å². The van der Waals surface area contributed by atoms with Gasteiger partial charge in [0.05, 0.1) is 11.3 Å². The Hall–Kier alpha value is 0.495. The first kappa shape index (κ1) is 10.6. The highest BCUT2D eigenvalue weighted by Gasteiger charge is 2.41. The summed E-state index contributed by atoms with van der Waals surface area (Å²) in [6.07, 6.45) is 2.79. The van der Waals surface area contributed by atoms with Gasteiger partial charge in [0, 0.05) is 0 Å². The van der Waals surface area contributed by atoms with Gasteiger partial charge in [-0.1, -0.05) is 27.7 Å². The predicted molar refractivity (Wildman–Crippen MR) is 60.6 cm³/mol. The molecule has 0 aromatic heterocycles. The van der Waals surface area contributed by atoms with Gasteiger partial charge < -0.3 is 0 Å². The Kier molecular flexibility index (Phi) is 3.65. The molecule has 1 saturated heterocycles. The molecular weight excluding hydrogens is 162 g/mol. The van der Waals surface area contributed by atoms with Gasteiger partial charge in [0.2, 0.25) is 0 Å². The fourth-order valence-corrected chi connectivity index (χ4v) is 5.49. The number of hydrogen-bond acceptors (Lipinski definition) is 0. The molecule has 2 radical (unpaired) electrons. The molecular formula is C10H21BP+. The Morgan fingerprint density at radius 1 is 1.00 bits per heavy atom. The molecule has 0 spiro atoms. The third-order valence-electron chi connectivity index (χ3n) is 3.25. The van der Waals surface area contributed by atoms with Crippen LogP contribution in [-0.4, -0.2) is 18.9 Å². The largest absolute Gasteiger partial charge is 0.362 e. The lowest BCUT2D eigenvalue weighted by Gasteiger charge is -2.20. The highest BCUT2D eigenvalue weighted by Crippen LogP contribution is 2.56. The minimum atomic E-state index is -0.533. The van der Waals surface area contributed by atoms with E-state index >= 15 is 0 Å². The van der Waals surface area contributed by atoms with Gasteiger partial charge in [-0.15, -0.1) is 0 Å². The first-order valence-corrected chi connectivity index (χ1v) is 6.89. The monoisotopic (exact) mass is 183 g/mol. The summed E-state index contributed by atoms with van der Waals surface area (Å²) in [6.45, 7) is 9.30. The second-order valence-electron chi connectivity index (χ2n) is 4.78. The van der Waals surface area contributed by atoms with Crippen LogP contribution in [0.1, 0.15) is 40.5 Å². The molecule has 1 rings (SSSR count). The van der Waals surface area contributed by atoms with E-state index < -0.39 is 7.80 Å². The van der Waals surface area contributed by atoms with Crippen LogP contribution in [0.4, 0.5) is 0 Å². The van der Waals surface area contributed by atoms with Gasteiger partial charge in [-0.25, -0.2) is 0 Å². The van der Waals surface area contributed by atoms with Crippen molar-refractivity contribution in [1.82, 2.24) is 0 Å². The molecule has 1 heterocycles. The molecule has 0 aromatic rings. The van der Waals surface area contributed by atoms with E-state index in [0.717, 1.165) is 23.2 Å². The van der Waals surface area contributed by atoms with E-state index in [-0.39, 0.29) is 0 Å². The minimum Gasteiger partial charge on any atom is -0.0591 e. The first-order chi connectivity index (χ1) is 5.54. The van der Waals surface area contributed by atoms with E-state index in [0.29, 0.717) is 0 Å². The Morgan fingerprint density at radius 2 is 1.33 bits per heavy atom. The lowest BCUT2D eigenvalue weighted by molar-refractivity contribution is 0.543. The maximum absolute atomic E-state index is 6.33. The molecule has 12 heavy (non-hydrogen) atoms. The molecule has 1 fully saturated rings. The van der Waals surface area contributed by atoms with Crippen molar-refractivity contribution in [2.24, 2.45) is 11.8 Å². The smallest absolute Gasteiger partial charge is 0.0591 e. The van der Waals surface area contributed by atoms with E-state index in [2.05, 4.69) is 27.7 Å². The molecule has 68 valence electrons. The van der Waals surface area contributed by atoms with Crippen LogP contribution >= 0.6 is 7.80 Å². The molecule has 0 aromatic carbocycles. The summed E-state index contributed by atoms with van der Waals surface area (Å²) in [4.78, 5) is 0. The lowest BCUT2D eigenvalue weighted by Crippen LogP contribution is -2.13. The Balaban J connectivity index is 2.55. The molecule has 0 N–H and O–H groups in total. The number of rotatable bonds is 2. The highest BCUT2D eigenvalue weighted by molar-refractivity contribution is 7.83. The van der Waals surface area contributed by atoms with Gasteiger partial charge >= 0.3 is 7.57 Å². The molecule has 2 heteroatoms. The van der Waals surface area contributed by atoms with Crippen LogP contribution in [-0.2, 0) is 0 Å². The average molecular weight is 183 g/mol. The molecule has 1 aliphatic rings. The van der Waals surface area contributed by atoms with Gasteiger partial charge in [-0.3, -0.25) is 0 Å². The molecule has 0 saturated carbocycles. The second-order valence-corrected chi connectivity index (χ2v) is 7.26. The van der Waals surface area contributed by atoms with Crippen LogP contribution in [0.15, 0.2) is 0 Å². The molecule has 1 aliphatic heterocycles. The van der Waals surface area contributed by atoms with Crippen LogP contribution in [0.25, 0.3) is 0 Å². The average Bonchev–Trinajstić information content (AvgIpc) is 2.30. The quantitative estimate of drug-likeness (QED) is 0.455. The zero-order chi connectivity index (χ0) is 9.30. The molecule has 0 nitrogen and oxygen atoms in total. The molecule has 0 aliphatic carbocycles. The standard InChI is InChI=1S/C10H21BP/c1-7(2)9-5-6-10(8(3)4)12(9)11/h7-10,12H,5-6H2,1-4H3/q+1/t9-,10-/m1/s1. The Morgan fingerprint density at radius 3 is 1.50 bits per heavy atom. The fourth-order valence-electron chi connectivity index (χ4n) is 2.40. The summed E-state index contributed by atoms with van der Waals surface area (Å²) in [7, 11) is 5.79. The van der Waals surface area contributed by atoms with Crippen molar-refractivity contribution < 1.29 is 0 Å². The van der Waals surface area contributed by atoms with Gasteiger partial charge in [0.15, 0.2) is 0 Å². The maximum Gasteiger partial charge on any atom is 0.362 e. The zero-order valence-corrected chi connectivity index (χ0v) is 9.80. The molecule has 0 bridgehead atoms. The van der Waals surface area contributed by atoms with Crippen molar-refractivity contribution in [3.63, 3.8) is 0 Å².